The summed E-state index contributed by atoms with van der Waals surface area (Å²) in [6.45, 7) is 7.86. The molecule has 2 aromatic rings. The normalized spacial score (nSPS) is 18.4. The molecule has 1 fully saturated rings. The van der Waals surface area contributed by atoms with E-state index in [4.69, 9.17) is 10.5 Å². The number of pyridine rings is 2. The molecule has 2 aromatic heterocycles. The lowest BCUT2D eigenvalue weighted by atomic mass is 9.98. The summed E-state index contributed by atoms with van der Waals surface area (Å²) in [5.41, 5.74) is 8.65. The van der Waals surface area contributed by atoms with Gasteiger partial charge in [0.25, 0.3) is 5.91 Å². The average molecular weight is 409 g/mol. The number of anilines is 1. The van der Waals surface area contributed by atoms with Crippen LogP contribution in [0, 0.1) is 17.2 Å². The Labute approximate surface area is 177 Å². The molecule has 3 rings (SSSR count). The number of ether oxygens (including phenoxy) is 1. The highest BCUT2D eigenvalue weighted by molar-refractivity contribution is 6.04. The fourth-order valence-corrected chi connectivity index (χ4v) is 3.60. The summed E-state index contributed by atoms with van der Waals surface area (Å²) in [6.07, 6.45) is 3.88. The van der Waals surface area contributed by atoms with Gasteiger partial charge in [0.05, 0.1) is 18.4 Å². The van der Waals surface area contributed by atoms with Crippen LogP contribution in [0.2, 0.25) is 0 Å². The van der Waals surface area contributed by atoms with E-state index in [-0.39, 0.29) is 17.1 Å². The van der Waals surface area contributed by atoms with Crippen molar-refractivity contribution in [2.24, 2.45) is 11.7 Å². The molecule has 8 heteroatoms. The average Bonchev–Trinajstić information content (AvgIpc) is 3.10. The van der Waals surface area contributed by atoms with Crippen molar-refractivity contribution in [3.8, 4) is 23.1 Å². The molecule has 0 saturated carbocycles. The van der Waals surface area contributed by atoms with Crippen LogP contribution in [-0.2, 0) is 0 Å². The van der Waals surface area contributed by atoms with E-state index in [2.05, 4.69) is 26.3 Å². The number of nitriles is 1. The molecule has 3 N–H and O–H groups in total. The maximum Gasteiger partial charge on any atom is 0.254 e. The number of carbonyl (C=O) groups is 1. The van der Waals surface area contributed by atoms with Gasteiger partial charge < -0.3 is 20.7 Å². The third-order valence-corrected chi connectivity index (χ3v) is 5.13. The topological polar surface area (TPSA) is 117 Å². The highest BCUT2D eigenvalue weighted by Gasteiger charge is 2.34. The maximum atomic E-state index is 13.1. The Morgan fingerprint density at radius 2 is 2.23 bits per heavy atom. The number of amides is 1. The van der Waals surface area contributed by atoms with Crippen LogP contribution in [0.1, 0.15) is 43.2 Å². The zero-order valence-electron chi connectivity index (χ0n) is 17.9. The Morgan fingerprint density at radius 1 is 1.47 bits per heavy atom. The van der Waals surface area contributed by atoms with Crippen LogP contribution in [0.15, 0.2) is 24.5 Å². The molecule has 0 bridgehead atoms. The third kappa shape index (κ3) is 4.52. The predicted molar refractivity (Wildman–Crippen MR) is 115 cm³/mol. The molecule has 1 aliphatic rings. The number of methoxy groups -OCH3 is 1. The van der Waals surface area contributed by atoms with Gasteiger partial charge >= 0.3 is 0 Å². The van der Waals surface area contributed by atoms with Gasteiger partial charge in [-0.25, -0.2) is 9.97 Å². The number of nitrogens with one attached hydrogen (secondary N) is 1. The van der Waals surface area contributed by atoms with E-state index in [0.29, 0.717) is 53.8 Å². The summed E-state index contributed by atoms with van der Waals surface area (Å²) < 4.78 is 5.26. The van der Waals surface area contributed by atoms with Crippen LogP contribution in [0.4, 0.5) is 5.69 Å². The van der Waals surface area contributed by atoms with Crippen LogP contribution < -0.4 is 20.7 Å². The minimum absolute atomic E-state index is 0.219. The van der Waals surface area contributed by atoms with Gasteiger partial charge in [-0.15, -0.1) is 0 Å². The Hall–Kier alpha value is -3.18. The van der Waals surface area contributed by atoms with Crippen molar-refractivity contribution in [2.75, 3.05) is 31.6 Å². The molecule has 0 radical (unpaired) electrons. The van der Waals surface area contributed by atoms with Gasteiger partial charge in [0.2, 0.25) is 5.88 Å². The minimum Gasteiger partial charge on any atom is -0.481 e. The first kappa shape index (κ1) is 21.5. The summed E-state index contributed by atoms with van der Waals surface area (Å²) in [6, 6.07) is 5.70. The lowest BCUT2D eigenvalue weighted by Gasteiger charge is -2.27. The molecule has 1 amide bonds. The molecule has 0 aliphatic carbocycles. The van der Waals surface area contributed by atoms with Crippen LogP contribution in [0.25, 0.3) is 11.1 Å². The minimum atomic E-state index is -0.380. The van der Waals surface area contributed by atoms with Crippen molar-refractivity contribution in [1.82, 2.24) is 15.3 Å². The summed E-state index contributed by atoms with van der Waals surface area (Å²) in [7, 11) is 1.53. The third-order valence-electron chi connectivity index (χ3n) is 5.13. The number of hydrogen-bond donors (Lipinski definition) is 2. The smallest absolute Gasteiger partial charge is 0.254 e. The van der Waals surface area contributed by atoms with Crippen molar-refractivity contribution >= 4 is 11.6 Å². The number of rotatable bonds is 6. The molecule has 30 heavy (non-hydrogen) atoms. The Kier molecular flexibility index (Phi) is 6.22. The predicted octanol–water partition coefficient (Wildman–Crippen LogP) is 2.34. The standard InChI is InChI=1S/C22H28N6O2/c1-14(2)11-27-21(29)16-12-26-17(10-23)19(15-5-7-25-18(9-15)30-4)20(16)28-8-6-22(3,24)13-28/h5,7,9,12,14H,6,8,11,13,24H2,1-4H3,(H,27,29)/t22-/m0/s1. The van der Waals surface area contributed by atoms with Crippen LogP contribution in [0.5, 0.6) is 5.88 Å². The van der Waals surface area contributed by atoms with Crippen molar-refractivity contribution in [2.45, 2.75) is 32.7 Å². The highest BCUT2D eigenvalue weighted by Crippen LogP contribution is 2.39. The molecule has 8 nitrogen and oxygen atoms in total. The van der Waals surface area contributed by atoms with E-state index in [1.807, 2.05) is 20.8 Å². The fourth-order valence-electron chi connectivity index (χ4n) is 3.60. The lowest BCUT2D eigenvalue weighted by Crippen LogP contribution is -2.40. The Balaban J connectivity index is 2.21. The summed E-state index contributed by atoms with van der Waals surface area (Å²) in [5, 5.41) is 12.7. The quantitative estimate of drug-likeness (QED) is 0.753. The summed E-state index contributed by atoms with van der Waals surface area (Å²) in [5.74, 6) is 0.512. The molecule has 1 saturated heterocycles. The van der Waals surface area contributed by atoms with E-state index in [0.717, 1.165) is 6.42 Å². The van der Waals surface area contributed by atoms with Crippen molar-refractivity contribution in [3.05, 3.63) is 35.8 Å². The largest absolute Gasteiger partial charge is 0.481 e. The van der Waals surface area contributed by atoms with Gasteiger partial charge in [-0.1, -0.05) is 13.8 Å². The van der Waals surface area contributed by atoms with E-state index in [1.54, 1.807) is 18.3 Å². The molecule has 1 atom stereocenters. The van der Waals surface area contributed by atoms with Crippen LogP contribution in [0.3, 0.4) is 0 Å². The van der Waals surface area contributed by atoms with E-state index >= 15 is 0 Å². The van der Waals surface area contributed by atoms with E-state index in [1.165, 1.54) is 13.3 Å². The van der Waals surface area contributed by atoms with Gasteiger partial charge in [0.15, 0.2) is 0 Å². The number of nitrogens with two attached hydrogens (primary N) is 1. The molecular formula is C22H28N6O2. The zero-order valence-corrected chi connectivity index (χ0v) is 17.9. The molecule has 0 unspecified atom stereocenters. The van der Waals surface area contributed by atoms with Crippen molar-refractivity contribution < 1.29 is 9.53 Å². The Bertz CT molecular complexity index is 980. The van der Waals surface area contributed by atoms with Gasteiger partial charge in [0, 0.05) is 49.2 Å². The highest BCUT2D eigenvalue weighted by atomic mass is 16.5. The maximum absolute atomic E-state index is 13.1. The fraction of sp³-hybridized carbons (Fsp3) is 0.455. The molecule has 1 aliphatic heterocycles. The summed E-state index contributed by atoms with van der Waals surface area (Å²) >= 11 is 0. The molecular weight excluding hydrogens is 380 g/mol. The first-order valence-electron chi connectivity index (χ1n) is 10.0. The SMILES string of the molecule is COc1cc(-c2c(C#N)ncc(C(=O)NCC(C)C)c2N2CC[C@](C)(N)C2)ccn1. The second-order valence-electron chi connectivity index (χ2n) is 8.37. The molecule has 0 spiro atoms. The van der Waals surface area contributed by atoms with Crippen molar-refractivity contribution in [1.29, 1.82) is 5.26 Å². The first-order chi connectivity index (χ1) is 14.3. The lowest BCUT2D eigenvalue weighted by molar-refractivity contribution is 0.0949. The van der Waals surface area contributed by atoms with Crippen LogP contribution in [-0.4, -0.2) is 48.2 Å². The van der Waals surface area contributed by atoms with Gasteiger partial charge in [-0.05, 0) is 30.9 Å². The van der Waals surface area contributed by atoms with Gasteiger partial charge in [-0.3, -0.25) is 4.79 Å². The first-order valence-corrected chi connectivity index (χ1v) is 10.0. The van der Waals surface area contributed by atoms with E-state index in [9.17, 15) is 10.1 Å². The van der Waals surface area contributed by atoms with Gasteiger partial charge in [0.1, 0.15) is 11.8 Å². The van der Waals surface area contributed by atoms with Crippen molar-refractivity contribution in [3.63, 3.8) is 0 Å². The van der Waals surface area contributed by atoms with Crippen LogP contribution >= 0.6 is 0 Å². The molecule has 3 heterocycles. The summed E-state index contributed by atoms with van der Waals surface area (Å²) in [4.78, 5) is 23.6. The molecule has 0 aromatic carbocycles. The number of nitrogens with zero attached hydrogens (tertiary/aromatic N) is 4. The zero-order chi connectivity index (χ0) is 21.9. The number of hydrogen-bond acceptors (Lipinski definition) is 7. The second-order valence-corrected chi connectivity index (χ2v) is 8.37. The monoisotopic (exact) mass is 408 g/mol. The second kappa shape index (κ2) is 8.67. The Morgan fingerprint density at radius 3 is 2.83 bits per heavy atom. The van der Waals surface area contributed by atoms with Gasteiger partial charge in [-0.2, -0.15) is 5.26 Å². The molecule has 158 valence electrons. The number of carbonyl (C=O) groups excluding carboxylic acids is 1. The number of aromatic nitrogens is 2. The van der Waals surface area contributed by atoms with E-state index < -0.39 is 0 Å².